The Morgan fingerprint density at radius 2 is 2.05 bits per heavy atom. The Bertz CT molecular complexity index is 408. The van der Waals surface area contributed by atoms with Crippen molar-refractivity contribution in [3.05, 3.63) is 12.7 Å². The Morgan fingerprint density at radius 1 is 1.32 bits per heavy atom. The van der Waals surface area contributed by atoms with E-state index in [1.54, 1.807) is 11.0 Å². The highest BCUT2D eigenvalue weighted by atomic mass is 16.3. The number of hydrogen-bond donors (Lipinski definition) is 2. The second kappa shape index (κ2) is 8.26. The molecule has 2 aliphatic rings. The summed E-state index contributed by atoms with van der Waals surface area (Å²) in [4.78, 5) is 30.3. The van der Waals surface area contributed by atoms with Gasteiger partial charge in [-0.15, -0.1) is 6.58 Å². The highest BCUT2D eigenvalue weighted by molar-refractivity contribution is 5.89. The van der Waals surface area contributed by atoms with E-state index in [2.05, 4.69) is 16.8 Å². The standard InChI is InChI=1S/C15H26N4O3/c1-2-4-19-5-3-16-13(15(19)22)12-14(21)18-8-6-17(7-9-18)10-11-20/h2,13,16,20H,1,3-12H2. The molecular weight excluding hydrogens is 284 g/mol. The fourth-order valence-electron chi connectivity index (χ4n) is 2.95. The van der Waals surface area contributed by atoms with Gasteiger partial charge in [-0.2, -0.15) is 0 Å². The predicted molar refractivity (Wildman–Crippen MR) is 83.3 cm³/mol. The number of nitrogens with one attached hydrogen (secondary N) is 1. The first kappa shape index (κ1) is 16.9. The normalized spacial score (nSPS) is 23.7. The van der Waals surface area contributed by atoms with Crippen LogP contribution >= 0.6 is 0 Å². The predicted octanol–water partition coefficient (Wildman–Crippen LogP) is -1.50. The summed E-state index contributed by atoms with van der Waals surface area (Å²) in [5.41, 5.74) is 0. The van der Waals surface area contributed by atoms with Gasteiger partial charge in [0.2, 0.25) is 11.8 Å². The van der Waals surface area contributed by atoms with Gasteiger partial charge in [-0.05, 0) is 0 Å². The number of carbonyl (C=O) groups is 2. The number of aliphatic hydroxyl groups is 1. The number of amides is 2. The fourth-order valence-corrected chi connectivity index (χ4v) is 2.95. The van der Waals surface area contributed by atoms with Gasteiger partial charge in [-0.1, -0.05) is 6.08 Å². The topological polar surface area (TPSA) is 76.1 Å². The quantitative estimate of drug-likeness (QED) is 0.584. The maximum atomic E-state index is 12.4. The Hall–Kier alpha value is -1.44. The van der Waals surface area contributed by atoms with Gasteiger partial charge in [0, 0.05) is 52.4 Å². The zero-order chi connectivity index (χ0) is 15.9. The number of nitrogens with zero attached hydrogens (tertiary/aromatic N) is 3. The highest BCUT2D eigenvalue weighted by Crippen LogP contribution is 2.09. The lowest BCUT2D eigenvalue weighted by molar-refractivity contribution is -0.141. The first-order chi connectivity index (χ1) is 10.7. The average molecular weight is 310 g/mol. The minimum absolute atomic E-state index is 0.0154. The van der Waals surface area contributed by atoms with Gasteiger partial charge in [0.05, 0.1) is 19.1 Å². The lowest BCUT2D eigenvalue weighted by Crippen LogP contribution is -2.57. The molecule has 1 unspecified atom stereocenters. The molecule has 2 heterocycles. The van der Waals surface area contributed by atoms with Crippen molar-refractivity contribution in [2.75, 3.05) is 59.0 Å². The third kappa shape index (κ3) is 4.28. The molecule has 2 rings (SSSR count). The van der Waals surface area contributed by atoms with E-state index < -0.39 is 6.04 Å². The number of piperazine rings is 2. The molecule has 0 bridgehead atoms. The molecule has 0 aromatic carbocycles. The number of β-amino-alcohol motifs (C(OH)–C–C–N with tert-alkyl or cyclic N) is 1. The van der Waals surface area contributed by atoms with E-state index in [-0.39, 0.29) is 24.8 Å². The molecule has 2 N–H and O–H groups in total. The number of rotatable bonds is 6. The molecule has 1 atom stereocenters. The monoisotopic (exact) mass is 310 g/mol. The first-order valence-electron chi connectivity index (χ1n) is 7.89. The first-order valence-corrected chi connectivity index (χ1v) is 7.89. The van der Waals surface area contributed by atoms with Gasteiger partial charge in [0.25, 0.3) is 0 Å². The van der Waals surface area contributed by atoms with Crippen molar-refractivity contribution in [2.24, 2.45) is 0 Å². The smallest absolute Gasteiger partial charge is 0.240 e. The van der Waals surface area contributed by atoms with E-state index in [0.717, 1.165) is 13.1 Å². The molecule has 0 aromatic heterocycles. The molecule has 0 aromatic rings. The fraction of sp³-hybridized carbons (Fsp3) is 0.733. The van der Waals surface area contributed by atoms with Crippen LogP contribution in [-0.2, 0) is 9.59 Å². The summed E-state index contributed by atoms with van der Waals surface area (Å²) in [5, 5.41) is 12.1. The molecule has 0 spiro atoms. The number of hydrogen-bond acceptors (Lipinski definition) is 5. The highest BCUT2D eigenvalue weighted by Gasteiger charge is 2.31. The zero-order valence-corrected chi connectivity index (χ0v) is 13.0. The van der Waals surface area contributed by atoms with Gasteiger partial charge in [0.1, 0.15) is 0 Å². The second-order valence-corrected chi connectivity index (χ2v) is 5.73. The molecular formula is C15H26N4O3. The van der Waals surface area contributed by atoms with E-state index in [9.17, 15) is 9.59 Å². The van der Waals surface area contributed by atoms with Crippen molar-refractivity contribution in [3.63, 3.8) is 0 Å². The van der Waals surface area contributed by atoms with Gasteiger partial charge >= 0.3 is 0 Å². The Labute approximate surface area is 131 Å². The molecule has 0 saturated carbocycles. The molecule has 22 heavy (non-hydrogen) atoms. The van der Waals surface area contributed by atoms with E-state index in [1.807, 2.05) is 4.90 Å². The van der Waals surface area contributed by atoms with Gasteiger partial charge in [-0.25, -0.2) is 0 Å². The van der Waals surface area contributed by atoms with Crippen LogP contribution in [0.25, 0.3) is 0 Å². The van der Waals surface area contributed by atoms with E-state index in [0.29, 0.717) is 39.3 Å². The van der Waals surface area contributed by atoms with Crippen molar-refractivity contribution in [1.29, 1.82) is 0 Å². The molecule has 7 heteroatoms. The summed E-state index contributed by atoms with van der Waals surface area (Å²) in [5.74, 6) is 0.00775. The second-order valence-electron chi connectivity index (χ2n) is 5.73. The van der Waals surface area contributed by atoms with Crippen LogP contribution in [0.1, 0.15) is 6.42 Å². The largest absolute Gasteiger partial charge is 0.395 e. The summed E-state index contributed by atoms with van der Waals surface area (Å²) in [7, 11) is 0. The Morgan fingerprint density at radius 3 is 2.68 bits per heavy atom. The Kier molecular flexibility index (Phi) is 6.35. The lowest BCUT2D eigenvalue weighted by Gasteiger charge is -2.36. The van der Waals surface area contributed by atoms with Gasteiger partial charge < -0.3 is 20.2 Å². The van der Waals surface area contributed by atoms with Crippen LogP contribution in [0.2, 0.25) is 0 Å². The van der Waals surface area contributed by atoms with E-state index >= 15 is 0 Å². The molecule has 124 valence electrons. The molecule has 7 nitrogen and oxygen atoms in total. The number of aliphatic hydroxyl groups excluding tert-OH is 1. The van der Waals surface area contributed by atoms with Crippen molar-refractivity contribution in [1.82, 2.24) is 20.0 Å². The average Bonchev–Trinajstić information content (AvgIpc) is 2.52. The minimum atomic E-state index is -0.420. The zero-order valence-electron chi connectivity index (χ0n) is 13.0. The van der Waals surface area contributed by atoms with Crippen LogP contribution in [0.15, 0.2) is 12.7 Å². The van der Waals surface area contributed by atoms with Crippen LogP contribution < -0.4 is 5.32 Å². The van der Waals surface area contributed by atoms with Crippen LogP contribution in [0.3, 0.4) is 0 Å². The maximum Gasteiger partial charge on any atom is 0.240 e. The summed E-state index contributed by atoms with van der Waals surface area (Å²) < 4.78 is 0. The van der Waals surface area contributed by atoms with Crippen molar-refractivity contribution >= 4 is 11.8 Å². The lowest BCUT2D eigenvalue weighted by atomic mass is 10.1. The summed E-state index contributed by atoms with van der Waals surface area (Å²) in [6.07, 6.45) is 1.93. The van der Waals surface area contributed by atoms with Crippen molar-refractivity contribution in [3.8, 4) is 0 Å². The van der Waals surface area contributed by atoms with Crippen molar-refractivity contribution in [2.45, 2.75) is 12.5 Å². The third-order valence-corrected chi connectivity index (χ3v) is 4.25. The minimum Gasteiger partial charge on any atom is -0.395 e. The van der Waals surface area contributed by atoms with E-state index in [1.165, 1.54) is 0 Å². The van der Waals surface area contributed by atoms with Crippen LogP contribution in [0.5, 0.6) is 0 Å². The van der Waals surface area contributed by atoms with Crippen LogP contribution in [0.4, 0.5) is 0 Å². The molecule has 2 fully saturated rings. The van der Waals surface area contributed by atoms with Crippen LogP contribution in [0, 0.1) is 0 Å². The van der Waals surface area contributed by atoms with Gasteiger partial charge in [-0.3, -0.25) is 14.5 Å². The van der Waals surface area contributed by atoms with Gasteiger partial charge in [0.15, 0.2) is 0 Å². The summed E-state index contributed by atoms with van der Waals surface area (Å²) >= 11 is 0. The Balaban J connectivity index is 1.81. The molecule has 0 radical (unpaired) electrons. The molecule has 2 saturated heterocycles. The molecule has 0 aliphatic carbocycles. The van der Waals surface area contributed by atoms with Crippen LogP contribution in [-0.4, -0.2) is 96.6 Å². The molecule has 2 amide bonds. The maximum absolute atomic E-state index is 12.4. The SMILES string of the molecule is C=CCN1CCNC(CC(=O)N2CCN(CCO)CC2)C1=O. The van der Waals surface area contributed by atoms with E-state index in [4.69, 9.17) is 5.11 Å². The third-order valence-electron chi connectivity index (χ3n) is 4.25. The summed E-state index contributed by atoms with van der Waals surface area (Å²) in [6.45, 7) is 9.25. The number of carbonyl (C=O) groups excluding carboxylic acids is 2. The summed E-state index contributed by atoms with van der Waals surface area (Å²) in [6, 6.07) is -0.420. The molecule has 2 aliphatic heterocycles. The van der Waals surface area contributed by atoms with Crippen molar-refractivity contribution < 1.29 is 14.7 Å².